The summed E-state index contributed by atoms with van der Waals surface area (Å²) in [5.41, 5.74) is 1.94. The van der Waals surface area contributed by atoms with Crippen LogP contribution in [0.25, 0.3) is 10.2 Å². The van der Waals surface area contributed by atoms with Crippen LogP contribution in [-0.4, -0.2) is 9.55 Å². The Labute approximate surface area is 143 Å². The number of hydrogen-bond donors (Lipinski definition) is 1. The first-order valence-corrected chi connectivity index (χ1v) is 9.06. The number of aryl methyl sites for hydroxylation is 2. The van der Waals surface area contributed by atoms with E-state index < -0.39 is 0 Å². The monoisotopic (exact) mass is 343 g/mol. The van der Waals surface area contributed by atoms with Crippen LogP contribution in [-0.2, 0) is 19.4 Å². The van der Waals surface area contributed by atoms with Crippen LogP contribution in [0.2, 0.25) is 0 Å². The molecule has 1 N–H and O–H groups in total. The fourth-order valence-electron chi connectivity index (χ4n) is 3.29. The normalized spacial score (nSPS) is 13.9. The summed E-state index contributed by atoms with van der Waals surface area (Å²) in [6.07, 6.45) is 4.34. The van der Waals surface area contributed by atoms with E-state index in [9.17, 15) is 9.18 Å². The van der Waals surface area contributed by atoms with Gasteiger partial charge in [-0.15, -0.1) is 11.3 Å². The predicted octanol–water partition coefficient (Wildman–Crippen LogP) is 4.24. The van der Waals surface area contributed by atoms with Gasteiger partial charge in [-0.05, 0) is 62.4 Å². The van der Waals surface area contributed by atoms with Crippen LogP contribution in [0.15, 0.2) is 29.1 Å². The predicted molar refractivity (Wildman–Crippen MR) is 95.9 cm³/mol. The van der Waals surface area contributed by atoms with Gasteiger partial charge in [-0.1, -0.05) is 0 Å². The summed E-state index contributed by atoms with van der Waals surface area (Å²) in [6.45, 7) is 2.47. The molecule has 124 valence electrons. The lowest BCUT2D eigenvalue weighted by atomic mass is 9.97. The van der Waals surface area contributed by atoms with Gasteiger partial charge in [0, 0.05) is 17.1 Å². The molecule has 0 saturated heterocycles. The maximum Gasteiger partial charge on any atom is 0.263 e. The number of nitrogens with one attached hydrogen (secondary N) is 1. The lowest BCUT2D eigenvalue weighted by molar-refractivity contribution is 0.628. The lowest BCUT2D eigenvalue weighted by Gasteiger charge is -2.13. The van der Waals surface area contributed by atoms with Crippen LogP contribution in [0, 0.1) is 5.82 Å². The second-order valence-electron chi connectivity index (χ2n) is 6.01. The molecule has 0 aliphatic heterocycles. The van der Waals surface area contributed by atoms with Crippen LogP contribution in [0.5, 0.6) is 0 Å². The number of halogens is 1. The Morgan fingerprint density at radius 3 is 2.75 bits per heavy atom. The van der Waals surface area contributed by atoms with Gasteiger partial charge in [-0.2, -0.15) is 0 Å². The van der Waals surface area contributed by atoms with E-state index in [1.165, 1.54) is 29.0 Å². The number of rotatable bonds is 3. The standard InChI is InChI=1S/C18H18FN3OS/c1-2-22-17(23)15-13-5-3-4-6-14(13)24-16(15)21-18(22)20-12-9-7-11(19)8-10-12/h7-10H,2-6H2,1H3,(H,20,21). The molecule has 3 aromatic rings. The molecule has 0 unspecified atom stereocenters. The molecule has 0 radical (unpaired) electrons. The molecule has 0 bridgehead atoms. The zero-order chi connectivity index (χ0) is 16.7. The average molecular weight is 343 g/mol. The van der Waals surface area contributed by atoms with E-state index in [1.807, 2.05) is 6.92 Å². The number of benzene rings is 1. The molecule has 2 aromatic heterocycles. The molecule has 0 spiro atoms. The third-order valence-electron chi connectivity index (χ3n) is 4.49. The zero-order valence-corrected chi connectivity index (χ0v) is 14.3. The Morgan fingerprint density at radius 2 is 2.00 bits per heavy atom. The molecule has 4 nitrogen and oxygen atoms in total. The van der Waals surface area contributed by atoms with Crippen molar-refractivity contribution in [3.8, 4) is 0 Å². The summed E-state index contributed by atoms with van der Waals surface area (Å²) in [6, 6.07) is 6.06. The Hall–Kier alpha value is -2.21. The van der Waals surface area contributed by atoms with E-state index in [0.717, 1.165) is 29.5 Å². The number of nitrogens with zero attached hydrogens (tertiary/aromatic N) is 2. The largest absolute Gasteiger partial charge is 0.325 e. The van der Waals surface area contributed by atoms with Gasteiger partial charge in [0.05, 0.1) is 5.39 Å². The van der Waals surface area contributed by atoms with Crippen molar-refractivity contribution in [2.45, 2.75) is 39.2 Å². The van der Waals surface area contributed by atoms with Crippen LogP contribution in [0.1, 0.15) is 30.2 Å². The lowest BCUT2D eigenvalue weighted by Crippen LogP contribution is -2.23. The van der Waals surface area contributed by atoms with Crippen LogP contribution >= 0.6 is 11.3 Å². The van der Waals surface area contributed by atoms with E-state index >= 15 is 0 Å². The molecular weight excluding hydrogens is 325 g/mol. The molecule has 1 aliphatic rings. The first-order chi connectivity index (χ1) is 11.7. The minimum Gasteiger partial charge on any atom is -0.325 e. The summed E-state index contributed by atoms with van der Waals surface area (Å²) >= 11 is 1.64. The summed E-state index contributed by atoms with van der Waals surface area (Å²) in [7, 11) is 0. The third kappa shape index (κ3) is 2.51. The molecule has 4 rings (SSSR count). The molecule has 1 aliphatic carbocycles. The molecule has 6 heteroatoms. The summed E-state index contributed by atoms with van der Waals surface area (Å²) in [4.78, 5) is 19.8. The fraction of sp³-hybridized carbons (Fsp3) is 0.333. The second-order valence-corrected chi connectivity index (χ2v) is 7.09. The van der Waals surface area contributed by atoms with Crippen molar-refractivity contribution in [3.63, 3.8) is 0 Å². The van der Waals surface area contributed by atoms with Crippen LogP contribution < -0.4 is 10.9 Å². The SMILES string of the molecule is CCn1c(Nc2ccc(F)cc2)nc2sc3c(c2c1=O)CCCC3. The van der Waals surface area contributed by atoms with E-state index in [-0.39, 0.29) is 11.4 Å². The smallest absolute Gasteiger partial charge is 0.263 e. The van der Waals surface area contributed by atoms with Crippen molar-refractivity contribution in [2.24, 2.45) is 0 Å². The van der Waals surface area contributed by atoms with Gasteiger partial charge in [-0.25, -0.2) is 9.37 Å². The van der Waals surface area contributed by atoms with Gasteiger partial charge >= 0.3 is 0 Å². The summed E-state index contributed by atoms with van der Waals surface area (Å²) in [5, 5.41) is 3.95. The van der Waals surface area contributed by atoms with Crippen molar-refractivity contribution in [1.82, 2.24) is 9.55 Å². The molecule has 0 atom stereocenters. The van der Waals surface area contributed by atoms with E-state index in [0.29, 0.717) is 18.2 Å². The minimum atomic E-state index is -0.289. The Morgan fingerprint density at radius 1 is 1.25 bits per heavy atom. The third-order valence-corrected chi connectivity index (χ3v) is 5.68. The minimum absolute atomic E-state index is 0.0199. The van der Waals surface area contributed by atoms with Crippen molar-refractivity contribution in [1.29, 1.82) is 0 Å². The van der Waals surface area contributed by atoms with Gasteiger partial charge in [0.1, 0.15) is 10.6 Å². The highest BCUT2D eigenvalue weighted by Gasteiger charge is 2.21. The van der Waals surface area contributed by atoms with Gasteiger partial charge in [0.25, 0.3) is 5.56 Å². The fourth-order valence-corrected chi connectivity index (χ4v) is 4.54. The van der Waals surface area contributed by atoms with Gasteiger partial charge < -0.3 is 5.32 Å². The highest BCUT2D eigenvalue weighted by molar-refractivity contribution is 7.18. The number of fused-ring (bicyclic) bond motifs is 3. The first kappa shape index (κ1) is 15.3. The molecule has 0 amide bonds. The Balaban J connectivity index is 1.86. The van der Waals surface area contributed by atoms with Crippen LogP contribution in [0.4, 0.5) is 16.0 Å². The molecule has 2 heterocycles. The van der Waals surface area contributed by atoms with Gasteiger partial charge in [-0.3, -0.25) is 9.36 Å². The number of hydrogen-bond acceptors (Lipinski definition) is 4. The van der Waals surface area contributed by atoms with E-state index in [1.54, 1.807) is 28.0 Å². The quantitative estimate of drug-likeness (QED) is 0.774. The number of anilines is 2. The van der Waals surface area contributed by atoms with E-state index in [4.69, 9.17) is 4.98 Å². The Bertz CT molecular complexity index is 959. The topological polar surface area (TPSA) is 46.9 Å². The first-order valence-electron chi connectivity index (χ1n) is 8.25. The van der Waals surface area contributed by atoms with Gasteiger partial charge in [0.15, 0.2) is 0 Å². The molecule has 0 fully saturated rings. The summed E-state index contributed by atoms with van der Waals surface area (Å²) in [5.74, 6) is 0.225. The molecule has 1 aromatic carbocycles. The van der Waals surface area contributed by atoms with Crippen molar-refractivity contribution in [2.75, 3.05) is 5.32 Å². The van der Waals surface area contributed by atoms with E-state index in [2.05, 4.69) is 5.32 Å². The number of aromatic nitrogens is 2. The van der Waals surface area contributed by atoms with Gasteiger partial charge in [0.2, 0.25) is 5.95 Å². The second kappa shape index (κ2) is 6.02. The highest BCUT2D eigenvalue weighted by Crippen LogP contribution is 2.34. The van der Waals surface area contributed by atoms with Crippen molar-refractivity contribution >= 4 is 33.2 Å². The molecule has 24 heavy (non-hydrogen) atoms. The highest BCUT2D eigenvalue weighted by atomic mass is 32.1. The van der Waals surface area contributed by atoms with Crippen LogP contribution in [0.3, 0.4) is 0 Å². The number of thiophene rings is 1. The zero-order valence-electron chi connectivity index (χ0n) is 13.4. The van der Waals surface area contributed by atoms with Crippen molar-refractivity contribution in [3.05, 3.63) is 50.9 Å². The maximum absolute atomic E-state index is 13.1. The maximum atomic E-state index is 13.1. The van der Waals surface area contributed by atoms with Crippen molar-refractivity contribution < 1.29 is 4.39 Å². The summed E-state index contributed by atoms with van der Waals surface area (Å²) < 4.78 is 14.7. The molecular formula is C18H18FN3OS. The average Bonchev–Trinajstić information content (AvgIpc) is 2.95. The molecule has 0 saturated carbocycles. The Kier molecular flexibility index (Phi) is 3.84.